The van der Waals surface area contributed by atoms with E-state index in [4.69, 9.17) is 27.9 Å². The molecule has 0 unspecified atom stereocenters. The average molecular weight is 347 g/mol. The summed E-state index contributed by atoms with van der Waals surface area (Å²) in [5, 5.41) is 0.904. The number of carbonyl (C=O) groups is 1. The third-order valence-electron chi connectivity index (χ3n) is 3.28. The SMILES string of the molecule is COc1ccc(/C=C(\C)C(=O)/C=C/c2cccc(Cl)c2Cl)cc1. The molecule has 0 saturated carbocycles. The van der Waals surface area contributed by atoms with Crippen molar-refractivity contribution in [1.82, 2.24) is 0 Å². The number of halogens is 2. The third-order valence-corrected chi connectivity index (χ3v) is 4.12. The van der Waals surface area contributed by atoms with Gasteiger partial charge in [-0.1, -0.05) is 47.5 Å². The number of allylic oxidation sites excluding steroid dienone is 2. The molecule has 0 aliphatic heterocycles. The number of methoxy groups -OCH3 is 1. The lowest BCUT2D eigenvalue weighted by atomic mass is 10.1. The second-order valence-corrected chi connectivity index (χ2v) is 5.73. The van der Waals surface area contributed by atoms with Crippen molar-refractivity contribution >= 4 is 41.1 Å². The lowest BCUT2D eigenvalue weighted by Gasteiger charge is -2.01. The fourth-order valence-corrected chi connectivity index (χ4v) is 2.34. The van der Waals surface area contributed by atoms with Crippen LogP contribution in [-0.2, 0) is 4.79 Å². The van der Waals surface area contributed by atoms with Crippen molar-refractivity contribution in [1.29, 1.82) is 0 Å². The first-order valence-corrected chi connectivity index (χ1v) is 7.75. The van der Waals surface area contributed by atoms with Gasteiger partial charge in [0.2, 0.25) is 0 Å². The molecule has 0 bridgehead atoms. The standard InChI is InChI=1S/C19H16Cl2O2/c1-13(12-14-6-9-16(23-2)10-7-14)18(22)11-8-15-4-3-5-17(20)19(15)21/h3-12H,1-2H3/b11-8+,13-12+. The van der Waals surface area contributed by atoms with E-state index >= 15 is 0 Å². The van der Waals surface area contributed by atoms with Gasteiger partial charge in [-0.25, -0.2) is 0 Å². The molecule has 0 N–H and O–H groups in total. The Morgan fingerprint density at radius 3 is 2.43 bits per heavy atom. The van der Waals surface area contributed by atoms with E-state index in [2.05, 4.69) is 0 Å². The third kappa shape index (κ3) is 4.72. The number of rotatable bonds is 5. The smallest absolute Gasteiger partial charge is 0.181 e. The van der Waals surface area contributed by atoms with Crippen LogP contribution in [0.3, 0.4) is 0 Å². The van der Waals surface area contributed by atoms with Gasteiger partial charge in [-0.2, -0.15) is 0 Å². The van der Waals surface area contributed by atoms with Crippen molar-refractivity contribution in [3.63, 3.8) is 0 Å². The normalized spacial score (nSPS) is 11.7. The Morgan fingerprint density at radius 1 is 1.09 bits per heavy atom. The van der Waals surface area contributed by atoms with E-state index in [1.807, 2.05) is 30.3 Å². The molecule has 23 heavy (non-hydrogen) atoms. The zero-order valence-corrected chi connectivity index (χ0v) is 14.4. The Bertz CT molecular complexity index is 759. The zero-order chi connectivity index (χ0) is 16.8. The van der Waals surface area contributed by atoms with Gasteiger partial charge in [0.1, 0.15) is 5.75 Å². The van der Waals surface area contributed by atoms with E-state index in [0.29, 0.717) is 21.2 Å². The van der Waals surface area contributed by atoms with E-state index < -0.39 is 0 Å². The van der Waals surface area contributed by atoms with Gasteiger partial charge in [-0.15, -0.1) is 0 Å². The minimum atomic E-state index is -0.0862. The summed E-state index contributed by atoms with van der Waals surface area (Å²) >= 11 is 12.0. The highest BCUT2D eigenvalue weighted by molar-refractivity contribution is 6.42. The van der Waals surface area contributed by atoms with Crippen LogP contribution in [0.1, 0.15) is 18.1 Å². The number of benzene rings is 2. The number of ether oxygens (including phenoxy) is 1. The molecule has 2 aromatic rings. The molecule has 0 fully saturated rings. The van der Waals surface area contributed by atoms with Gasteiger partial charge >= 0.3 is 0 Å². The predicted octanol–water partition coefficient (Wildman–Crippen LogP) is 5.69. The Kier molecular flexibility index (Phi) is 6.03. The van der Waals surface area contributed by atoms with E-state index in [-0.39, 0.29) is 5.78 Å². The molecule has 0 amide bonds. The van der Waals surface area contributed by atoms with Gasteiger partial charge < -0.3 is 4.74 Å². The molecule has 0 aromatic heterocycles. The summed E-state index contributed by atoms with van der Waals surface area (Å²) in [6.45, 7) is 1.77. The maximum absolute atomic E-state index is 12.2. The first kappa shape index (κ1) is 17.3. The van der Waals surface area contributed by atoms with Crippen molar-refractivity contribution in [2.24, 2.45) is 0 Å². The van der Waals surface area contributed by atoms with Crippen LogP contribution in [0.2, 0.25) is 10.0 Å². The molecule has 4 heteroatoms. The maximum atomic E-state index is 12.2. The van der Waals surface area contributed by atoms with Crippen LogP contribution in [0.15, 0.2) is 54.1 Å². The van der Waals surface area contributed by atoms with Gasteiger partial charge in [0, 0.05) is 0 Å². The summed E-state index contributed by atoms with van der Waals surface area (Å²) < 4.78 is 5.11. The highest BCUT2D eigenvalue weighted by Crippen LogP contribution is 2.26. The molecule has 2 aromatic carbocycles. The fourth-order valence-electron chi connectivity index (χ4n) is 1.97. The minimum Gasteiger partial charge on any atom is -0.497 e. The fraction of sp³-hybridized carbons (Fsp3) is 0.105. The Morgan fingerprint density at radius 2 is 1.78 bits per heavy atom. The van der Waals surface area contributed by atoms with E-state index in [0.717, 1.165) is 11.3 Å². The van der Waals surface area contributed by atoms with Crippen LogP contribution < -0.4 is 4.74 Å². The molecular formula is C19H16Cl2O2. The Labute approximate surface area is 146 Å². The summed E-state index contributed by atoms with van der Waals surface area (Å²) in [7, 11) is 1.62. The number of ketones is 1. The molecule has 0 aliphatic carbocycles. The molecule has 2 nitrogen and oxygen atoms in total. The van der Waals surface area contributed by atoms with Crippen molar-refractivity contribution in [3.8, 4) is 5.75 Å². The second-order valence-electron chi connectivity index (χ2n) is 4.94. The molecule has 0 radical (unpaired) electrons. The lowest BCUT2D eigenvalue weighted by molar-refractivity contribution is -0.111. The minimum absolute atomic E-state index is 0.0862. The molecule has 0 aliphatic rings. The van der Waals surface area contributed by atoms with Crippen molar-refractivity contribution in [3.05, 3.63) is 75.3 Å². The van der Waals surface area contributed by atoms with Crippen LogP contribution in [0.25, 0.3) is 12.2 Å². The van der Waals surface area contributed by atoms with Crippen molar-refractivity contribution in [2.45, 2.75) is 6.92 Å². The van der Waals surface area contributed by atoms with Crippen LogP contribution in [-0.4, -0.2) is 12.9 Å². The van der Waals surface area contributed by atoms with E-state index in [1.165, 1.54) is 6.08 Å². The first-order valence-electron chi connectivity index (χ1n) is 7.00. The van der Waals surface area contributed by atoms with Crippen LogP contribution in [0, 0.1) is 0 Å². The molecule has 0 atom stereocenters. The molecule has 0 heterocycles. The summed E-state index contributed by atoms with van der Waals surface area (Å²) in [4.78, 5) is 12.2. The monoisotopic (exact) mass is 346 g/mol. The Hall–Kier alpha value is -2.03. The second kappa shape index (κ2) is 8.00. The lowest BCUT2D eigenvalue weighted by Crippen LogP contribution is -1.94. The van der Waals surface area contributed by atoms with Gasteiger partial charge in [0.15, 0.2) is 5.78 Å². The number of hydrogen-bond donors (Lipinski definition) is 0. The summed E-state index contributed by atoms with van der Waals surface area (Å²) in [6.07, 6.45) is 4.99. The predicted molar refractivity (Wildman–Crippen MR) is 97.1 cm³/mol. The van der Waals surface area contributed by atoms with Gasteiger partial charge in [0.25, 0.3) is 0 Å². The molecule has 118 valence electrons. The summed E-state index contributed by atoms with van der Waals surface area (Å²) in [5.41, 5.74) is 2.28. The number of carbonyl (C=O) groups excluding carboxylic acids is 1. The highest BCUT2D eigenvalue weighted by atomic mass is 35.5. The largest absolute Gasteiger partial charge is 0.497 e. The quantitative estimate of drug-likeness (QED) is 0.650. The van der Waals surface area contributed by atoms with E-state index in [1.54, 1.807) is 38.3 Å². The van der Waals surface area contributed by atoms with Crippen LogP contribution in [0.5, 0.6) is 5.75 Å². The molecule has 0 spiro atoms. The first-order chi connectivity index (χ1) is 11.0. The van der Waals surface area contributed by atoms with Crippen molar-refractivity contribution < 1.29 is 9.53 Å². The number of hydrogen-bond acceptors (Lipinski definition) is 2. The average Bonchev–Trinajstić information content (AvgIpc) is 2.56. The van der Waals surface area contributed by atoms with Gasteiger partial charge in [-0.3, -0.25) is 4.79 Å². The Balaban J connectivity index is 2.14. The van der Waals surface area contributed by atoms with Crippen LogP contribution in [0.4, 0.5) is 0 Å². The summed E-state index contributed by atoms with van der Waals surface area (Å²) in [6, 6.07) is 12.8. The topological polar surface area (TPSA) is 26.3 Å². The van der Waals surface area contributed by atoms with E-state index in [9.17, 15) is 4.79 Å². The van der Waals surface area contributed by atoms with Crippen LogP contribution >= 0.6 is 23.2 Å². The van der Waals surface area contributed by atoms with Gasteiger partial charge in [0.05, 0.1) is 17.2 Å². The zero-order valence-electron chi connectivity index (χ0n) is 12.8. The molecule has 0 saturated heterocycles. The highest BCUT2D eigenvalue weighted by Gasteiger charge is 2.04. The molecular weight excluding hydrogens is 331 g/mol. The maximum Gasteiger partial charge on any atom is 0.181 e. The van der Waals surface area contributed by atoms with Gasteiger partial charge in [-0.05, 0) is 60.1 Å². The molecule has 2 rings (SSSR count). The van der Waals surface area contributed by atoms with Crippen molar-refractivity contribution in [2.75, 3.05) is 7.11 Å². The summed E-state index contributed by atoms with van der Waals surface area (Å²) in [5.74, 6) is 0.693.